The van der Waals surface area contributed by atoms with Gasteiger partial charge in [0.2, 0.25) is 5.91 Å². The van der Waals surface area contributed by atoms with Gasteiger partial charge in [-0.2, -0.15) is 0 Å². The highest BCUT2D eigenvalue weighted by Crippen LogP contribution is 2.33. The molecular formula is C21H23N3O2S. The van der Waals surface area contributed by atoms with Crippen LogP contribution in [0.5, 0.6) is 0 Å². The summed E-state index contributed by atoms with van der Waals surface area (Å²) in [6.45, 7) is 5.69. The lowest BCUT2D eigenvalue weighted by Gasteiger charge is -2.17. The minimum absolute atomic E-state index is 0.108. The number of rotatable bonds is 3. The summed E-state index contributed by atoms with van der Waals surface area (Å²) in [4.78, 5) is 32.5. The second-order valence-corrected chi connectivity index (χ2v) is 8.42. The van der Waals surface area contributed by atoms with Crippen LogP contribution in [0.15, 0.2) is 29.3 Å². The van der Waals surface area contributed by atoms with Gasteiger partial charge in [-0.1, -0.05) is 12.1 Å². The van der Waals surface area contributed by atoms with Gasteiger partial charge in [0.1, 0.15) is 10.9 Å². The Morgan fingerprint density at radius 3 is 2.85 bits per heavy atom. The standard InChI is InChI=1S/C21H23N3O2S/c1-12-8-9-13(2)16(10-12)23-19(25)14(3)24-11-22-20-18(21(24)26)15-6-4-5-7-17(15)27-20/h8-11,14H,4-7H2,1-3H3,(H,23,25). The fourth-order valence-electron chi connectivity index (χ4n) is 3.67. The van der Waals surface area contributed by atoms with Crippen molar-refractivity contribution in [2.75, 3.05) is 5.32 Å². The van der Waals surface area contributed by atoms with Crippen molar-refractivity contribution >= 4 is 33.1 Å². The molecule has 1 aromatic carbocycles. The average Bonchev–Trinajstić information content (AvgIpc) is 3.04. The molecule has 0 saturated carbocycles. The second-order valence-electron chi connectivity index (χ2n) is 7.33. The molecule has 5 nitrogen and oxygen atoms in total. The number of carbonyl (C=O) groups excluding carboxylic acids is 1. The zero-order valence-corrected chi connectivity index (χ0v) is 16.7. The number of fused-ring (bicyclic) bond motifs is 3. The molecule has 0 fully saturated rings. The number of aromatic nitrogens is 2. The Kier molecular flexibility index (Phi) is 4.60. The van der Waals surface area contributed by atoms with Crippen molar-refractivity contribution < 1.29 is 4.79 Å². The average molecular weight is 382 g/mol. The number of nitrogens with one attached hydrogen (secondary N) is 1. The Morgan fingerprint density at radius 1 is 1.26 bits per heavy atom. The van der Waals surface area contributed by atoms with E-state index in [4.69, 9.17) is 0 Å². The van der Waals surface area contributed by atoms with Crippen LogP contribution in [0.2, 0.25) is 0 Å². The predicted molar refractivity (Wildman–Crippen MR) is 110 cm³/mol. The van der Waals surface area contributed by atoms with Crippen LogP contribution in [-0.4, -0.2) is 15.5 Å². The fourth-order valence-corrected chi connectivity index (χ4v) is 4.89. The van der Waals surface area contributed by atoms with E-state index in [0.717, 1.165) is 46.5 Å². The number of aryl methyl sites for hydroxylation is 4. The van der Waals surface area contributed by atoms with Gasteiger partial charge in [-0.3, -0.25) is 14.2 Å². The van der Waals surface area contributed by atoms with E-state index in [9.17, 15) is 9.59 Å². The molecule has 1 aliphatic rings. The van der Waals surface area contributed by atoms with Crippen LogP contribution in [0.1, 0.15) is 47.4 Å². The molecule has 0 radical (unpaired) electrons. The van der Waals surface area contributed by atoms with Gasteiger partial charge in [-0.25, -0.2) is 4.98 Å². The molecule has 2 aromatic heterocycles. The summed E-state index contributed by atoms with van der Waals surface area (Å²) in [7, 11) is 0. The Morgan fingerprint density at radius 2 is 2.04 bits per heavy atom. The first-order valence-electron chi connectivity index (χ1n) is 9.35. The van der Waals surface area contributed by atoms with Crippen LogP contribution < -0.4 is 10.9 Å². The molecule has 0 aliphatic heterocycles. The van der Waals surface area contributed by atoms with Crippen LogP contribution >= 0.6 is 11.3 Å². The molecule has 1 unspecified atom stereocenters. The first kappa shape index (κ1) is 17.9. The molecule has 4 rings (SSSR count). The third-order valence-corrected chi connectivity index (χ3v) is 6.55. The van der Waals surface area contributed by atoms with E-state index in [0.29, 0.717) is 5.39 Å². The van der Waals surface area contributed by atoms with Gasteiger partial charge in [0.15, 0.2) is 0 Å². The van der Waals surface area contributed by atoms with Crippen molar-refractivity contribution in [1.29, 1.82) is 0 Å². The summed E-state index contributed by atoms with van der Waals surface area (Å²) in [6.07, 6.45) is 5.75. The van der Waals surface area contributed by atoms with Crippen molar-refractivity contribution in [3.8, 4) is 0 Å². The second kappa shape index (κ2) is 6.93. The Bertz CT molecular complexity index is 1100. The first-order valence-corrected chi connectivity index (χ1v) is 10.2. The molecule has 27 heavy (non-hydrogen) atoms. The number of hydrogen-bond acceptors (Lipinski definition) is 4. The van der Waals surface area contributed by atoms with Gasteiger partial charge in [0, 0.05) is 10.6 Å². The monoisotopic (exact) mass is 381 g/mol. The van der Waals surface area contributed by atoms with E-state index in [-0.39, 0.29) is 11.5 Å². The Hall–Kier alpha value is -2.47. The highest BCUT2D eigenvalue weighted by Gasteiger charge is 2.23. The van der Waals surface area contributed by atoms with Crippen molar-refractivity contribution in [2.45, 2.75) is 52.5 Å². The minimum Gasteiger partial charge on any atom is -0.324 e. The molecule has 1 N–H and O–H groups in total. The molecule has 1 aliphatic carbocycles. The van der Waals surface area contributed by atoms with Crippen LogP contribution in [0.3, 0.4) is 0 Å². The number of amides is 1. The molecule has 1 amide bonds. The maximum Gasteiger partial charge on any atom is 0.263 e. The van der Waals surface area contributed by atoms with Gasteiger partial charge >= 0.3 is 0 Å². The van der Waals surface area contributed by atoms with Crippen molar-refractivity contribution in [1.82, 2.24) is 9.55 Å². The molecule has 0 bridgehead atoms. The molecule has 0 spiro atoms. The van der Waals surface area contributed by atoms with Crippen molar-refractivity contribution in [3.63, 3.8) is 0 Å². The van der Waals surface area contributed by atoms with E-state index in [1.807, 2.05) is 32.0 Å². The lowest BCUT2D eigenvalue weighted by molar-refractivity contribution is -0.118. The number of nitrogens with zero attached hydrogens (tertiary/aromatic N) is 2. The summed E-state index contributed by atoms with van der Waals surface area (Å²) in [5.41, 5.74) is 3.89. The van der Waals surface area contributed by atoms with Gasteiger partial charge in [0.05, 0.1) is 11.7 Å². The number of benzene rings is 1. The zero-order valence-electron chi connectivity index (χ0n) is 15.8. The van der Waals surface area contributed by atoms with Gasteiger partial charge < -0.3 is 5.32 Å². The third kappa shape index (κ3) is 3.18. The summed E-state index contributed by atoms with van der Waals surface area (Å²) in [5.74, 6) is -0.212. The Labute approximate surface area is 162 Å². The van der Waals surface area contributed by atoms with Gasteiger partial charge in [-0.05, 0) is 69.2 Å². The van der Waals surface area contributed by atoms with E-state index < -0.39 is 6.04 Å². The van der Waals surface area contributed by atoms with E-state index in [2.05, 4.69) is 10.3 Å². The van der Waals surface area contributed by atoms with Gasteiger partial charge in [-0.15, -0.1) is 11.3 Å². The molecule has 6 heteroatoms. The number of carbonyl (C=O) groups is 1. The summed E-state index contributed by atoms with van der Waals surface area (Å²) in [5, 5.41) is 3.67. The smallest absolute Gasteiger partial charge is 0.263 e. The SMILES string of the molecule is Cc1ccc(C)c(NC(=O)C(C)n2cnc3sc4c(c3c2=O)CCCC4)c1. The molecule has 2 heterocycles. The maximum absolute atomic E-state index is 13.1. The highest BCUT2D eigenvalue weighted by molar-refractivity contribution is 7.18. The number of hydrogen-bond donors (Lipinski definition) is 1. The van der Waals surface area contributed by atoms with Crippen LogP contribution in [-0.2, 0) is 17.6 Å². The van der Waals surface area contributed by atoms with Crippen LogP contribution in [0.4, 0.5) is 5.69 Å². The summed E-state index contributed by atoms with van der Waals surface area (Å²) in [6, 6.07) is 5.30. The zero-order chi connectivity index (χ0) is 19.1. The van der Waals surface area contributed by atoms with Crippen LogP contribution in [0.25, 0.3) is 10.2 Å². The highest BCUT2D eigenvalue weighted by atomic mass is 32.1. The molecule has 1 atom stereocenters. The molecule has 3 aromatic rings. The minimum atomic E-state index is -0.631. The number of thiophene rings is 1. The van der Waals surface area contributed by atoms with Gasteiger partial charge in [0.25, 0.3) is 5.56 Å². The van der Waals surface area contributed by atoms with Crippen molar-refractivity contribution in [2.24, 2.45) is 0 Å². The molecule has 140 valence electrons. The summed E-state index contributed by atoms with van der Waals surface area (Å²) >= 11 is 1.62. The quantitative estimate of drug-likeness (QED) is 0.741. The first-order chi connectivity index (χ1) is 13.0. The largest absolute Gasteiger partial charge is 0.324 e. The normalized spacial score (nSPS) is 14.8. The van der Waals surface area contributed by atoms with E-state index >= 15 is 0 Å². The lowest BCUT2D eigenvalue weighted by Crippen LogP contribution is -2.32. The third-order valence-electron chi connectivity index (χ3n) is 5.35. The topological polar surface area (TPSA) is 64.0 Å². The Balaban J connectivity index is 1.69. The molecule has 0 saturated heterocycles. The molecular weight excluding hydrogens is 358 g/mol. The lowest BCUT2D eigenvalue weighted by atomic mass is 9.97. The van der Waals surface area contributed by atoms with E-state index in [1.54, 1.807) is 18.3 Å². The summed E-state index contributed by atoms with van der Waals surface area (Å²) < 4.78 is 1.46. The van der Waals surface area contributed by atoms with Crippen LogP contribution in [0, 0.1) is 13.8 Å². The van der Waals surface area contributed by atoms with Crippen molar-refractivity contribution in [3.05, 3.63) is 56.4 Å². The predicted octanol–water partition coefficient (Wildman–Crippen LogP) is 4.15. The maximum atomic E-state index is 13.1. The number of anilines is 1. The van der Waals surface area contributed by atoms with E-state index in [1.165, 1.54) is 22.2 Å². The fraction of sp³-hybridized carbons (Fsp3) is 0.381.